The smallest absolute Gasteiger partial charge is 0.315 e. The number of urea groups is 1. The summed E-state index contributed by atoms with van der Waals surface area (Å²) in [6.07, 6.45) is 0.0497. The first-order valence-electron chi connectivity index (χ1n) is 6.74. The number of nitrogens with one attached hydrogen (secondary N) is 2. The van der Waals surface area contributed by atoms with Gasteiger partial charge in [-0.05, 0) is 26.3 Å². The summed E-state index contributed by atoms with van der Waals surface area (Å²) in [4.78, 5) is 22.8. The fourth-order valence-corrected chi connectivity index (χ4v) is 1.55. The molecule has 0 spiro atoms. The average molecular weight is 278 g/mol. The van der Waals surface area contributed by atoms with Gasteiger partial charge in [0.1, 0.15) is 0 Å². The molecule has 0 aromatic heterocycles. The number of ether oxygens (including phenoxy) is 1. The number of aryl methyl sites for hydroxylation is 1. The molecule has 0 saturated heterocycles. The van der Waals surface area contributed by atoms with E-state index in [1.807, 2.05) is 31.2 Å². The number of hydrogen-bond donors (Lipinski definition) is 2. The molecule has 0 atom stereocenters. The van der Waals surface area contributed by atoms with E-state index in [1.165, 1.54) is 5.56 Å². The van der Waals surface area contributed by atoms with Crippen molar-refractivity contribution in [3.05, 3.63) is 35.4 Å². The third-order valence-electron chi connectivity index (χ3n) is 2.56. The molecule has 0 fully saturated rings. The number of rotatable bonds is 6. The van der Waals surface area contributed by atoms with Crippen LogP contribution >= 0.6 is 0 Å². The van der Waals surface area contributed by atoms with Crippen molar-refractivity contribution in [2.45, 2.75) is 39.8 Å². The maximum atomic E-state index is 11.5. The van der Waals surface area contributed by atoms with Gasteiger partial charge in [0.15, 0.2) is 0 Å². The molecular weight excluding hydrogens is 256 g/mol. The summed E-state index contributed by atoms with van der Waals surface area (Å²) < 4.78 is 4.96. The van der Waals surface area contributed by atoms with Crippen molar-refractivity contribution in [1.29, 1.82) is 0 Å². The SMILES string of the molecule is Cc1ccc(CNC(=O)NCCC(=O)OC(C)C)cc1. The lowest BCUT2D eigenvalue weighted by atomic mass is 10.1. The van der Waals surface area contributed by atoms with Gasteiger partial charge in [0.05, 0.1) is 12.5 Å². The van der Waals surface area contributed by atoms with Crippen LogP contribution in [0.5, 0.6) is 0 Å². The predicted octanol–water partition coefficient (Wildman–Crippen LogP) is 2.14. The van der Waals surface area contributed by atoms with Crippen molar-refractivity contribution >= 4 is 12.0 Å². The summed E-state index contributed by atoms with van der Waals surface area (Å²) in [5.74, 6) is -0.307. The first-order chi connectivity index (χ1) is 9.47. The summed E-state index contributed by atoms with van der Waals surface area (Å²) in [5, 5.41) is 5.35. The summed E-state index contributed by atoms with van der Waals surface area (Å²) in [5.41, 5.74) is 2.21. The highest BCUT2D eigenvalue weighted by Gasteiger charge is 2.06. The quantitative estimate of drug-likeness (QED) is 0.783. The van der Waals surface area contributed by atoms with E-state index in [-0.39, 0.29) is 31.1 Å². The van der Waals surface area contributed by atoms with Crippen LogP contribution in [-0.4, -0.2) is 24.6 Å². The summed E-state index contributed by atoms with van der Waals surface area (Å²) in [6, 6.07) is 7.64. The molecule has 0 aliphatic rings. The predicted molar refractivity (Wildman–Crippen MR) is 77.3 cm³/mol. The van der Waals surface area contributed by atoms with Crippen molar-refractivity contribution in [1.82, 2.24) is 10.6 Å². The third kappa shape index (κ3) is 6.78. The molecule has 5 heteroatoms. The first kappa shape index (κ1) is 16.0. The monoisotopic (exact) mass is 278 g/mol. The third-order valence-corrected chi connectivity index (χ3v) is 2.56. The number of benzene rings is 1. The van der Waals surface area contributed by atoms with E-state index in [4.69, 9.17) is 4.74 Å². The molecule has 0 bridgehead atoms. The molecule has 0 saturated carbocycles. The fraction of sp³-hybridized carbons (Fsp3) is 0.467. The summed E-state index contributed by atoms with van der Waals surface area (Å²) in [7, 11) is 0. The molecule has 2 amide bonds. The van der Waals surface area contributed by atoms with E-state index in [0.717, 1.165) is 5.56 Å². The van der Waals surface area contributed by atoms with Crippen molar-refractivity contribution < 1.29 is 14.3 Å². The molecule has 0 aliphatic carbocycles. The van der Waals surface area contributed by atoms with E-state index in [9.17, 15) is 9.59 Å². The molecule has 1 aromatic rings. The molecule has 110 valence electrons. The Hall–Kier alpha value is -2.04. The van der Waals surface area contributed by atoms with Gasteiger partial charge in [-0.3, -0.25) is 4.79 Å². The molecule has 2 N–H and O–H groups in total. The highest BCUT2D eigenvalue weighted by molar-refractivity contribution is 5.75. The zero-order chi connectivity index (χ0) is 15.0. The molecule has 1 rings (SSSR count). The van der Waals surface area contributed by atoms with Gasteiger partial charge in [-0.2, -0.15) is 0 Å². The minimum absolute atomic E-state index is 0.127. The Bertz CT molecular complexity index is 441. The minimum atomic E-state index is -0.307. The van der Waals surface area contributed by atoms with Crippen molar-refractivity contribution in [3.63, 3.8) is 0 Å². The molecular formula is C15H22N2O3. The van der Waals surface area contributed by atoms with Crippen LogP contribution in [0.3, 0.4) is 0 Å². The molecule has 0 aliphatic heterocycles. The highest BCUT2D eigenvalue weighted by Crippen LogP contribution is 2.02. The van der Waals surface area contributed by atoms with Gasteiger partial charge < -0.3 is 15.4 Å². The zero-order valence-electron chi connectivity index (χ0n) is 12.2. The van der Waals surface area contributed by atoms with Crippen LogP contribution in [0.15, 0.2) is 24.3 Å². The van der Waals surface area contributed by atoms with Gasteiger partial charge in [-0.15, -0.1) is 0 Å². The maximum absolute atomic E-state index is 11.5. The van der Waals surface area contributed by atoms with E-state index >= 15 is 0 Å². The van der Waals surface area contributed by atoms with Crippen LogP contribution in [0.25, 0.3) is 0 Å². The number of carbonyl (C=O) groups excluding carboxylic acids is 2. The van der Waals surface area contributed by atoms with E-state index in [1.54, 1.807) is 13.8 Å². The Morgan fingerprint density at radius 1 is 1.15 bits per heavy atom. The number of amides is 2. The zero-order valence-corrected chi connectivity index (χ0v) is 12.2. The molecule has 1 aromatic carbocycles. The van der Waals surface area contributed by atoms with E-state index < -0.39 is 0 Å². The van der Waals surface area contributed by atoms with E-state index in [0.29, 0.717) is 6.54 Å². The maximum Gasteiger partial charge on any atom is 0.315 e. The van der Waals surface area contributed by atoms with E-state index in [2.05, 4.69) is 10.6 Å². The lowest BCUT2D eigenvalue weighted by Crippen LogP contribution is -2.36. The van der Waals surface area contributed by atoms with Crippen LogP contribution in [0, 0.1) is 6.92 Å². The molecule has 0 radical (unpaired) electrons. The Kier molecular flexibility index (Phi) is 6.56. The summed E-state index contributed by atoms with van der Waals surface area (Å²) >= 11 is 0. The van der Waals surface area contributed by atoms with Crippen molar-refractivity contribution in [2.75, 3.05) is 6.54 Å². The number of hydrogen-bond acceptors (Lipinski definition) is 3. The van der Waals surface area contributed by atoms with Crippen molar-refractivity contribution in [3.8, 4) is 0 Å². The van der Waals surface area contributed by atoms with Crippen LogP contribution in [-0.2, 0) is 16.1 Å². The lowest BCUT2D eigenvalue weighted by Gasteiger charge is -2.09. The number of esters is 1. The minimum Gasteiger partial charge on any atom is -0.463 e. The highest BCUT2D eigenvalue weighted by atomic mass is 16.5. The second-order valence-electron chi connectivity index (χ2n) is 4.88. The topological polar surface area (TPSA) is 67.4 Å². The molecule has 5 nitrogen and oxygen atoms in total. The molecule has 20 heavy (non-hydrogen) atoms. The summed E-state index contributed by atoms with van der Waals surface area (Å²) in [6.45, 7) is 6.33. The second-order valence-corrected chi connectivity index (χ2v) is 4.88. The van der Waals surface area contributed by atoms with Gasteiger partial charge >= 0.3 is 12.0 Å². The molecule has 0 unspecified atom stereocenters. The fourth-order valence-electron chi connectivity index (χ4n) is 1.55. The normalized spacial score (nSPS) is 10.2. The van der Waals surface area contributed by atoms with Gasteiger partial charge in [-0.1, -0.05) is 29.8 Å². The standard InChI is InChI=1S/C15H22N2O3/c1-11(2)20-14(18)8-9-16-15(19)17-10-13-6-4-12(3)5-7-13/h4-7,11H,8-10H2,1-3H3,(H2,16,17,19). The van der Waals surface area contributed by atoms with Crippen molar-refractivity contribution in [2.24, 2.45) is 0 Å². The van der Waals surface area contributed by atoms with Gasteiger partial charge in [0.25, 0.3) is 0 Å². The average Bonchev–Trinajstić information content (AvgIpc) is 2.37. The van der Waals surface area contributed by atoms with Crippen LogP contribution < -0.4 is 10.6 Å². The van der Waals surface area contributed by atoms with Gasteiger partial charge in [0, 0.05) is 13.1 Å². The Balaban J connectivity index is 2.17. The largest absolute Gasteiger partial charge is 0.463 e. The first-order valence-corrected chi connectivity index (χ1v) is 6.74. The Morgan fingerprint density at radius 3 is 2.40 bits per heavy atom. The molecule has 0 heterocycles. The second kappa shape index (κ2) is 8.19. The van der Waals surface area contributed by atoms with Crippen LogP contribution in [0.4, 0.5) is 4.79 Å². The van der Waals surface area contributed by atoms with Gasteiger partial charge in [0.2, 0.25) is 0 Å². The Morgan fingerprint density at radius 2 is 1.80 bits per heavy atom. The van der Waals surface area contributed by atoms with Crippen LogP contribution in [0.2, 0.25) is 0 Å². The Labute approximate surface area is 119 Å². The van der Waals surface area contributed by atoms with Gasteiger partial charge in [-0.25, -0.2) is 4.79 Å². The lowest BCUT2D eigenvalue weighted by molar-refractivity contribution is -0.147. The van der Waals surface area contributed by atoms with Crippen LogP contribution in [0.1, 0.15) is 31.4 Å². The number of carbonyl (C=O) groups is 2.